The van der Waals surface area contributed by atoms with Gasteiger partial charge in [-0.1, -0.05) is 48.5 Å². The van der Waals surface area contributed by atoms with Crippen LogP contribution in [0.1, 0.15) is 34.6 Å². The summed E-state index contributed by atoms with van der Waals surface area (Å²) in [5.41, 5.74) is 6.41. The van der Waals surface area contributed by atoms with Crippen molar-refractivity contribution in [2.45, 2.75) is 31.8 Å². The first-order chi connectivity index (χ1) is 14.3. The molecule has 0 bridgehead atoms. The number of para-hydroxylation sites is 1. The Kier molecular flexibility index (Phi) is 4.76. The van der Waals surface area contributed by atoms with Crippen LogP contribution >= 0.6 is 0 Å². The molecule has 0 saturated heterocycles. The van der Waals surface area contributed by atoms with Crippen LogP contribution in [-0.2, 0) is 24.3 Å². The Bertz CT molecular complexity index is 1000. The van der Waals surface area contributed by atoms with Crippen LogP contribution in [0.4, 0.5) is 5.69 Å². The van der Waals surface area contributed by atoms with E-state index < -0.39 is 0 Å². The van der Waals surface area contributed by atoms with E-state index in [1.54, 1.807) is 6.20 Å². The van der Waals surface area contributed by atoms with E-state index in [0.717, 1.165) is 31.5 Å². The van der Waals surface area contributed by atoms with Crippen molar-refractivity contribution in [2.75, 3.05) is 11.4 Å². The molecule has 1 aromatic heterocycles. The Morgan fingerprint density at radius 1 is 1.03 bits per heavy atom. The fourth-order valence-electron chi connectivity index (χ4n) is 4.32. The second-order valence-corrected chi connectivity index (χ2v) is 8.07. The monoisotopic (exact) mass is 383 g/mol. The van der Waals surface area contributed by atoms with E-state index in [2.05, 4.69) is 69.8 Å². The summed E-state index contributed by atoms with van der Waals surface area (Å²) < 4.78 is 0. The first-order valence-electron chi connectivity index (χ1n) is 10.4. The number of pyridine rings is 1. The van der Waals surface area contributed by atoms with Gasteiger partial charge in [0, 0.05) is 43.6 Å². The van der Waals surface area contributed by atoms with Crippen molar-refractivity contribution in [1.82, 2.24) is 10.3 Å². The molecule has 2 aromatic carbocycles. The van der Waals surface area contributed by atoms with Crippen molar-refractivity contribution in [1.29, 1.82) is 0 Å². The fraction of sp³-hybridized carbons (Fsp3) is 0.280. The lowest BCUT2D eigenvalue weighted by atomic mass is 10.1. The first kappa shape index (κ1) is 17.9. The lowest BCUT2D eigenvalue weighted by Crippen LogP contribution is -2.25. The van der Waals surface area contributed by atoms with Crippen LogP contribution in [0.25, 0.3) is 0 Å². The normalized spacial score (nSPS) is 19.7. The highest BCUT2D eigenvalue weighted by atomic mass is 16.2. The van der Waals surface area contributed by atoms with Crippen LogP contribution in [0, 0.1) is 5.92 Å². The van der Waals surface area contributed by atoms with Gasteiger partial charge in [0.15, 0.2) is 0 Å². The number of carbonyl (C=O) groups is 1. The minimum Gasteiger partial charge on any atom is -0.367 e. The molecule has 29 heavy (non-hydrogen) atoms. The number of nitrogens with zero attached hydrogens (tertiary/aromatic N) is 2. The maximum Gasteiger partial charge on any atom is 0.224 e. The molecule has 0 radical (unpaired) electrons. The van der Waals surface area contributed by atoms with E-state index in [1.807, 2.05) is 12.3 Å². The summed E-state index contributed by atoms with van der Waals surface area (Å²) in [4.78, 5) is 19.0. The second kappa shape index (κ2) is 7.70. The van der Waals surface area contributed by atoms with Crippen molar-refractivity contribution in [3.63, 3.8) is 0 Å². The Balaban J connectivity index is 1.13. The van der Waals surface area contributed by atoms with Crippen molar-refractivity contribution < 1.29 is 4.79 Å². The third kappa shape index (κ3) is 3.88. The van der Waals surface area contributed by atoms with E-state index in [-0.39, 0.29) is 11.8 Å². The van der Waals surface area contributed by atoms with Crippen molar-refractivity contribution in [3.8, 4) is 0 Å². The van der Waals surface area contributed by atoms with Gasteiger partial charge in [0.25, 0.3) is 0 Å². The SMILES string of the molecule is O=C(NCc1ccc(CN2CCc3ccccc32)cc1)C1CC1c1cccnc1. The molecule has 3 aromatic rings. The van der Waals surface area contributed by atoms with Crippen LogP contribution in [0.3, 0.4) is 0 Å². The summed E-state index contributed by atoms with van der Waals surface area (Å²) in [7, 11) is 0. The quantitative estimate of drug-likeness (QED) is 0.698. The summed E-state index contributed by atoms with van der Waals surface area (Å²) in [5, 5.41) is 3.10. The predicted molar refractivity (Wildman–Crippen MR) is 115 cm³/mol. The predicted octanol–water partition coefficient (Wildman–Crippen LogP) is 4.06. The summed E-state index contributed by atoms with van der Waals surface area (Å²) in [6.45, 7) is 2.59. The van der Waals surface area contributed by atoms with Gasteiger partial charge in [0.2, 0.25) is 5.91 Å². The number of aromatic nitrogens is 1. The van der Waals surface area contributed by atoms with Gasteiger partial charge in [-0.2, -0.15) is 0 Å². The van der Waals surface area contributed by atoms with Crippen LogP contribution in [-0.4, -0.2) is 17.4 Å². The molecule has 4 heteroatoms. The van der Waals surface area contributed by atoms with E-state index in [0.29, 0.717) is 12.5 Å². The van der Waals surface area contributed by atoms with Gasteiger partial charge in [-0.3, -0.25) is 9.78 Å². The molecule has 1 amide bonds. The Morgan fingerprint density at radius 3 is 2.69 bits per heavy atom. The zero-order valence-corrected chi connectivity index (χ0v) is 16.4. The van der Waals surface area contributed by atoms with Crippen molar-refractivity contribution >= 4 is 11.6 Å². The Morgan fingerprint density at radius 2 is 1.86 bits per heavy atom. The number of rotatable bonds is 6. The van der Waals surface area contributed by atoms with E-state index >= 15 is 0 Å². The number of anilines is 1. The minimum absolute atomic E-state index is 0.0914. The highest BCUT2D eigenvalue weighted by Gasteiger charge is 2.43. The van der Waals surface area contributed by atoms with Crippen LogP contribution in [0.2, 0.25) is 0 Å². The third-order valence-electron chi connectivity index (χ3n) is 6.09. The maximum atomic E-state index is 12.4. The smallest absolute Gasteiger partial charge is 0.224 e. The number of carbonyl (C=O) groups excluding carboxylic acids is 1. The zero-order chi connectivity index (χ0) is 19.6. The van der Waals surface area contributed by atoms with Gasteiger partial charge in [-0.15, -0.1) is 0 Å². The number of amides is 1. The van der Waals surface area contributed by atoms with E-state index in [4.69, 9.17) is 0 Å². The Hall–Kier alpha value is -3.14. The molecular formula is C25H25N3O. The van der Waals surface area contributed by atoms with E-state index in [1.165, 1.54) is 22.4 Å². The lowest BCUT2D eigenvalue weighted by molar-refractivity contribution is -0.122. The molecule has 1 fully saturated rings. The molecule has 1 aliphatic carbocycles. The molecule has 2 atom stereocenters. The van der Waals surface area contributed by atoms with Gasteiger partial charge in [-0.05, 0) is 53.1 Å². The molecule has 5 rings (SSSR count). The summed E-state index contributed by atoms with van der Waals surface area (Å²) >= 11 is 0. The molecule has 2 heterocycles. The van der Waals surface area contributed by atoms with Crippen LogP contribution < -0.4 is 10.2 Å². The fourth-order valence-corrected chi connectivity index (χ4v) is 4.32. The topological polar surface area (TPSA) is 45.2 Å². The number of benzene rings is 2. The zero-order valence-electron chi connectivity index (χ0n) is 16.4. The molecule has 0 spiro atoms. The van der Waals surface area contributed by atoms with Crippen LogP contribution in [0.15, 0.2) is 73.1 Å². The van der Waals surface area contributed by atoms with Crippen LogP contribution in [0.5, 0.6) is 0 Å². The average Bonchev–Trinajstić information content (AvgIpc) is 3.49. The standard InChI is InChI=1S/C25H25N3O/c29-25(23-14-22(23)21-5-3-12-26-16-21)27-15-18-7-9-19(10-8-18)17-28-13-11-20-4-1-2-6-24(20)28/h1-10,12,16,22-23H,11,13-15,17H2,(H,27,29). The molecule has 1 aliphatic heterocycles. The first-order valence-corrected chi connectivity index (χ1v) is 10.4. The minimum atomic E-state index is 0.0914. The van der Waals surface area contributed by atoms with Gasteiger partial charge < -0.3 is 10.2 Å². The van der Waals surface area contributed by atoms with Crippen molar-refractivity contribution in [3.05, 3.63) is 95.3 Å². The number of nitrogens with one attached hydrogen (secondary N) is 1. The van der Waals surface area contributed by atoms with Crippen molar-refractivity contribution in [2.24, 2.45) is 5.92 Å². The number of hydrogen-bond donors (Lipinski definition) is 1. The van der Waals surface area contributed by atoms with Gasteiger partial charge >= 0.3 is 0 Å². The summed E-state index contributed by atoms with van der Waals surface area (Å²) in [6, 6.07) is 21.3. The van der Waals surface area contributed by atoms with Gasteiger partial charge in [0.05, 0.1) is 0 Å². The molecule has 1 N–H and O–H groups in total. The summed E-state index contributed by atoms with van der Waals surface area (Å²) in [6.07, 6.45) is 5.69. The third-order valence-corrected chi connectivity index (χ3v) is 6.09. The number of hydrogen-bond acceptors (Lipinski definition) is 3. The second-order valence-electron chi connectivity index (χ2n) is 8.07. The molecule has 2 unspecified atom stereocenters. The molecule has 1 saturated carbocycles. The average molecular weight is 383 g/mol. The summed E-state index contributed by atoms with van der Waals surface area (Å²) in [5.74, 6) is 0.569. The Labute approximate surface area is 171 Å². The molecule has 2 aliphatic rings. The van der Waals surface area contributed by atoms with Gasteiger partial charge in [0.1, 0.15) is 0 Å². The van der Waals surface area contributed by atoms with E-state index in [9.17, 15) is 4.79 Å². The van der Waals surface area contributed by atoms with Gasteiger partial charge in [-0.25, -0.2) is 0 Å². The highest BCUT2D eigenvalue weighted by molar-refractivity contribution is 5.82. The molecule has 146 valence electrons. The largest absolute Gasteiger partial charge is 0.367 e. The lowest BCUT2D eigenvalue weighted by Gasteiger charge is -2.19. The maximum absolute atomic E-state index is 12.4. The molecule has 4 nitrogen and oxygen atoms in total. The highest BCUT2D eigenvalue weighted by Crippen LogP contribution is 2.47. The molecular weight excluding hydrogens is 358 g/mol. The number of fused-ring (bicyclic) bond motifs is 1.